The number of hydrogen-bond donors (Lipinski definition) is 2. The van der Waals surface area contributed by atoms with E-state index < -0.39 is 20.2 Å². The largest absolute Gasteiger partial charge is 0.379 e. The molecular formula is C13H19N5O5S2. The number of sulfonamides is 1. The van der Waals surface area contributed by atoms with Gasteiger partial charge in [0.1, 0.15) is 0 Å². The van der Waals surface area contributed by atoms with Crippen LogP contribution in [0.2, 0.25) is 0 Å². The zero-order valence-corrected chi connectivity index (χ0v) is 15.0. The molecule has 0 aromatic carbocycles. The first kappa shape index (κ1) is 18.1. The SMILES string of the molecule is O=S(=O)(CCNS(=O)(=O)N1CCOCC1)Nc1ccn2nccc2c1. The highest BCUT2D eigenvalue weighted by Crippen LogP contribution is 2.13. The van der Waals surface area contributed by atoms with Gasteiger partial charge in [-0.2, -0.15) is 17.8 Å². The maximum Gasteiger partial charge on any atom is 0.279 e. The van der Waals surface area contributed by atoms with Crippen LogP contribution in [0.1, 0.15) is 0 Å². The Morgan fingerprint density at radius 3 is 2.68 bits per heavy atom. The Morgan fingerprint density at radius 1 is 1.16 bits per heavy atom. The third-order valence-electron chi connectivity index (χ3n) is 3.64. The van der Waals surface area contributed by atoms with Crippen molar-refractivity contribution in [2.45, 2.75) is 0 Å². The highest BCUT2D eigenvalue weighted by atomic mass is 32.2. The lowest BCUT2D eigenvalue weighted by Crippen LogP contribution is -2.47. The van der Waals surface area contributed by atoms with E-state index in [0.29, 0.717) is 18.9 Å². The van der Waals surface area contributed by atoms with E-state index in [0.717, 1.165) is 5.52 Å². The summed E-state index contributed by atoms with van der Waals surface area (Å²) in [5.41, 5.74) is 1.14. The van der Waals surface area contributed by atoms with Crippen molar-refractivity contribution in [2.75, 3.05) is 43.3 Å². The highest BCUT2D eigenvalue weighted by molar-refractivity contribution is 7.92. The molecule has 2 aromatic heterocycles. The summed E-state index contributed by atoms with van der Waals surface area (Å²) in [7, 11) is -7.39. The summed E-state index contributed by atoms with van der Waals surface area (Å²) in [6, 6.07) is 4.96. The second-order valence-electron chi connectivity index (χ2n) is 5.45. The van der Waals surface area contributed by atoms with Crippen molar-refractivity contribution in [1.82, 2.24) is 18.6 Å². The monoisotopic (exact) mass is 389 g/mol. The Kier molecular flexibility index (Phi) is 5.24. The molecule has 0 saturated carbocycles. The second kappa shape index (κ2) is 7.25. The molecule has 12 heteroatoms. The van der Waals surface area contributed by atoms with Gasteiger partial charge in [-0.25, -0.2) is 17.7 Å². The molecule has 0 bridgehead atoms. The van der Waals surface area contributed by atoms with Crippen LogP contribution in [0.15, 0.2) is 30.6 Å². The van der Waals surface area contributed by atoms with Crippen LogP contribution in [-0.2, 0) is 25.0 Å². The smallest absolute Gasteiger partial charge is 0.279 e. The first-order valence-corrected chi connectivity index (χ1v) is 10.7. The lowest BCUT2D eigenvalue weighted by Gasteiger charge is -2.26. The average Bonchev–Trinajstić information content (AvgIpc) is 3.02. The molecule has 138 valence electrons. The van der Waals surface area contributed by atoms with Gasteiger partial charge < -0.3 is 4.74 Å². The Morgan fingerprint density at radius 2 is 1.92 bits per heavy atom. The average molecular weight is 389 g/mol. The number of pyridine rings is 1. The lowest BCUT2D eigenvalue weighted by atomic mass is 10.4. The van der Waals surface area contributed by atoms with Crippen LogP contribution >= 0.6 is 0 Å². The van der Waals surface area contributed by atoms with E-state index in [-0.39, 0.29) is 25.4 Å². The van der Waals surface area contributed by atoms with Gasteiger partial charge in [0.15, 0.2) is 0 Å². The molecule has 10 nitrogen and oxygen atoms in total. The normalized spacial score (nSPS) is 17.0. The molecule has 25 heavy (non-hydrogen) atoms. The first-order chi connectivity index (χ1) is 11.9. The molecule has 0 aliphatic carbocycles. The molecule has 0 unspecified atom stereocenters. The minimum Gasteiger partial charge on any atom is -0.379 e. The van der Waals surface area contributed by atoms with E-state index in [9.17, 15) is 16.8 Å². The van der Waals surface area contributed by atoms with Crippen LogP contribution < -0.4 is 9.44 Å². The molecule has 1 aliphatic heterocycles. The number of fused-ring (bicyclic) bond motifs is 1. The van der Waals surface area contributed by atoms with E-state index in [1.165, 1.54) is 4.31 Å². The molecule has 2 aromatic rings. The lowest BCUT2D eigenvalue weighted by molar-refractivity contribution is 0.0725. The van der Waals surface area contributed by atoms with Gasteiger partial charge in [0.25, 0.3) is 10.2 Å². The molecule has 0 spiro atoms. The fraction of sp³-hybridized carbons (Fsp3) is 0.462. The van der Waals surface area contributed by atoms with Crippen LogP contribution in [0.4, 0.5) is 5.69 Å². The quantitative estimate of drug-likeness (QED) is 0.642. The van der Waals surface area contributed by atoms with Crippen molar-refractivity contribution < 1.29 is 21.6 Å². The molecule has 0 radical (unpaired) electrons. The van der Waals surface area contributed by atoms with Crippen molar-refractivity contribution in [2.24, 2.45) is 0 Å². The Hall–Kier alpha value is -1.73. The van der Waals surface area contributed by atoms with Crippen molar-refractivity contribution in [3.05, 3.63) is 30.6 Å². The summed E-state index contributed by atoms with van der Waals surface area (Å²) < 4.78 is 61.1. The van der Waals surface area contributed by atoms with Gasteiger partial charge in [-0.3, -0.25) is 4.72 Å². The van der Waals surface area contributed by atoms with Crippen molar-refractivity contribution >= 4 is 31.4 Å². The molecule has 1 fully saturated rings. The number of rotatable bonds is 7. The molecule has 1 aliphatic rings. The van der Waals surface area contributed by atoms with E-state index in [1.807, 2.05) is 0 Å². The topological polar surface area (TPSA) is 122 Å². The summed E-state index contributed by atoms with van der Waals surface area (Å²) in [6.07, 6.45) is 3.24. The maximum absolute atomic E-state index is 12.1. The third kappa shape index (κ3) is 4.67. The summed E-state index contributed by atoms with van der Waals surface area (Å²) in [4.78, 5) is 0. The minimum absolute atomic E-state index is 0.218. The molecule has 3 heterocycles. The van der Waals surface area contributed by atoms with E-state index in [2.05, 4.69) is 14.5 Å². The maximum atomic E-state index is 12.1. The van der Waals surface area contributed by atoms with Crippen LogP contribution in [0, 0.1) is 0 Å². The molecule has 0 atom stereocenters. The fourth-order valence-electron chi connectivity index (χ4n) is 2.40. The zero-order chi connectivity index (χ0) is 17.9. The van der Waals surface area contributed by atoms with Gasteiger partial charge in [0.2, 0.25) is 10.0 Å². The molecular weight excluding hydrogens is 370 g/mol. The van der Waals surface area contributed by atoms with Gasteiger partial charge >= 0.3 is 0 Å². The third-order valence-corrected chi connectivity index (χ3v) is 6.54. The van der Waals surface area contributed by atoms with Crippen LogP contribution in [0.3, 0.4) is 0 Å². The van der Waals surface area contributed by atoms with Gasteiger partial charge in [-0.05, 0) is 18.2 Å². The summed E-state index contributed by atoms with van der Waals surface area (Å²) in [5, 5.41) is 4.03. The van der Waals surface area contributed by atoms with Crippen LogP contribution in [-0.4, -0.2) is 69.4 Å². The minimum atomic E-state index is -3.70. The molecule has 2 N–H and O–H groups in total. The molecule has 3 rings (SSSR count). The number of nitrogens with zero attached hydrogens (tertiary/aromatic N) is 3. The van der Waals surface area contributed by atoms with Gasteiger partial charge in [-0.15, -0.1) is 0 Å². The Labute approximate surface area is 146 Å². The van der Waals surface area contributed by atoms with Gasteiger partial charge in [-0.1, -0.05) is 0 Å². The summed E-state index contributed by atoms with van der Waals surface area (Å²) in [6.45, 7) is 0.955. The van der Waals surface area contributed by atoms with Crippen molar-refractivity contribution in [3.8, 4) is 0 Å². The van der Waals surface area contributed by atoms with Crippen molar-refractivity contribution in [1.29, 1.82) is 0 Å². The molecule has 0 amide bonds. The zero-order valence-electron chi connectivity index (χ0n) is 13.3. The Bertz CT molecular complexity index is 935. The standard InChI is InChI=1S/C13H19N5O5S2/c19-24(20,16-12-2-5-18-13(11-12)1-3-14-18)10-4-15-25(21,22)17-6-8-23-9-7-17/h1-3,5,11,15-16H,4,6-10H2. The fourth-order valence-corrected chi connectivity index (χ4v) is 4.66. The second-order valence-corrected chi connectivity index (χ2v) is 9.04. The van der Waals surface area contributed by atoms with Crippen LogP contribution in [0.5, 0.6) is 0 Å². The number of ether oxygens (including phenoxy) is 1. The highest BCUT2D eigenvalue weighted by Gasteiger charge is 2.24. The number of nitrogens with one attached hydrogen (secondary N) is 2. The summed E-state index contributed by atoms with van der Waals surface area (Å²) >= 11 is 0. The van der Waals surface area contributed by atoms with E-state index in [1.54, 1.807) is 35.1 Å². The predicted octanol–water partition coefficient (Wildman–Crippen LogP) is -0.757. The Balaban J connectivity index is 1.56. The first-order valence-electron chi connectivity index (χ1n) is 7.62. The number of anilines is 1. The van der Waals surface area contributed by atoms with Crippen molar-refractivity contribution in [3.63, 3.8) is 0 Å². The van der Waals surface area contributed by atoms with Gasteiger partial charge in [0, 0.05) is 32.0 Å². The number of hydrogen-bond acceptors (Lipinski definition) is 6. The number of aromatic nitrogens is 2. The van der Waals surface area contributed by atoms with E-state index in [4.69, 9.17) is 4.74 Å². The molecule has 1 saturated heterocycles. The van der Waals surface area contributed by atoms with Crippen LogP contribution in [0.25, 0.3) is 5.52 Å². The van der Waals surface area contributed by atoms with Gasteiger partial charge in [0.05, 0.1) is 30.2 Å². The predicted molar refractivity (Wildman–Crippen MR) is 91.9 cm³/mol. The van der Waals surface area contributed by atoms with E-state index >= 15 is 0 Å². The summed E-state index contributed by atoms with van der Waals surface area (Å²) in [5.74, 6) is -0.374. The number of morpholine rings is 1.